The summed E-state index contributed by atoms with van der Waals surface area (Å²) in [5, 5.41) is 9.10. The third-order valence-corrected chi connectivity index (χ3v) is 6.86. The van der Waals surface area contributed by atoms with Crippen molar-refractivity contribution >= 4 is 34.5 Å². The highest BCUT2D eigenvalue weighted by atomic mass is 16.5. The van der Waals surface area contributed by atoms with E-state index in [-0.39, 0.29) is 11.4 Å². The molecule has 4 aromatic rings. The molecule has 0 radical (unpaired) electrons. The smallest absolute Gasteiger partial charge is 0.320 e. The van der Waals surface area contributed by atoms with Crippen molar-refractivity contribution in [1.82, 2.24) is 24.8 Å². The van der Waals surface area contributed by atoms with E-state index in [2.05, 4.69) is 64.8 Å². The summed E-state index contributed by atoms with van der Waals surface area (Å²) in [5.74, 6) is 2.35. The van der Waals surface area contributed by atoms with Crippen LogP contribution in [0.5, 0.6) is 11.5 Å². The molecular formula is C30H37N7O3. The van der Waals surface area contributed by atoms with Crippen molar-refractivity contribution in [2.75, 3.05) is 50.0 Å². The Kier molecular flexibility index (Phi) is 8.18. The number of fused-ring (bicyclic) bond motifs is 1. The molecule has 1 aliphatic heterocycles. The van der Waals surface area contributed by atoms with Crippen LogP contribution in [-0.4, -0.2) is 64.9 Å². The highest BCUT2D eigenvalue weighted by Crippen LogP contribution is 2.30. The summed E-state index contributed by atoms with van der Waals surface area (Å²) < 4.78 is 13.5. The largest absolute Gasteiger partial charge is 0.457 e. The summed E-state index contributed by atoms with van der Waals surface area (Å²) in [7, 11) is 1.98. The molecule has 2 aromatic carbocycles. The van der Waals surface area contributed by atoms with Crippen molar-refractivity contribution in [3.8, 4) is 11.5 Å². The van der Waals surface area contributed by atoms with E-state index in [1.807, 2.05) is 35.9 Å². The van der Waals surface area contributed by atoms with Gasteiger partial charge in [-0.3, -0.25) is 10.2 Å². The Labute approximate surface area is 234 Å². The van der Waals surface area contributed by atoms with E-state index in [0.717, 1.165) is 55.5 Å². The number of pyridine rings is 1. The summed E-state index contributed by atoms with van der Waals surface area (Å²) >= 11 is 0. The minimum Gasteiger partial charge on any atom is -0.457 e. The average molecular weight is 544 g/mol. The zero-order chi connectivity index (χ0) is 28.1. The van der Waals surface area contributed by atoms with E-state index in [0.29, 0.717) is 23.9 Å². The van der Waals surface area contributed by atoms with Gasteiger partial charge in [-0.1, -0.05) is 32.9 Å². The number of urea groups is 1. The van der Waals surface area contributed by atoms with Gasteiger partial charge in [-0.25, -0.2) is 14.8 Å². The zero-order valence-electron chi connectivity index (χ0n) is 23.5. The molecule has 5 rings (SSSR count). The lowest BCUT2D eigenvalue weighted by atomic mass is 9.87. The van der Waals surface area contributed by atoms with Crippen molar-refractivity contribution in [2.24, 2.45) is 7.05 Å². The van der Waals surface area contributed by atoms with E-state index in [1.54, 1.807) is 18.3 Å². The molecule has 3 N–H and O–H groups in total. The summed E-state index contributed by atoms with van der Waals surface area (Å²) in [6.07, 6.45) is 1.60. The zero-order valence-corrected chi connectivity index (χ0v) is 23.5. The number of ether oxygens (including phenoxy) is 2. The number of imidazole rings is 1. The van der Waals surface area contributed by atoms with Crippen LogP contribution in [0, 0.1) is 0 Å². The van der Waals surface area contributed by atoms with Crippen molar-refractivity contribution in [3.05, 3.63) is 66.4 Å². The number of rotatable bonds is 8. The second kappa shape index (κ2) is 11.9. The summed E-state index contributed by atoms with van der Waals surface area (Å²) in [6, 6.07) is 17.3. The molecule has 0 saturated carbocycles. The van der Waals surface area contributed by atoms with Gasteiger partial charge in [0.1, 0.15) is 17.3 Å². The fourth-order valence-corrected chi connectivity index (χ4v) is 4.54. The number of nitrogens with zero attached hydrogens (tertiary/aromatic N) is 4. The Morgan fingerprint density at radius 3 is 2.65 bits per heavy atom. The Morgan fingerprint density at radius 1 is 1.05 bits per heavy atom. The average Bonchev–Trinajstić information content (AvgIpc) is 3.23. The van der Waals surface area contributed by atoms with Gasteiger partial charge in [0.15, 0.2) is 0 Å². The van der Waals surface area contributed by atoms with Gasteiger partial charge in [-0.05, 0) is 41.3 Å². The predicted molar refractivity (Wildman–Crippen MR) is 158 cm³/mol. The Hall–Kier alpha value is -4.15. The number of hydrogen-bond donors (Lipinski definition) is 3. The van der Waals surface area contributed by atoms with Gasteiger partial charge in [0.2, 0.25) is 5.95 Å². The SMILES string of the molecule is Cn1c(Nc2cccc(C(C)(C)C)c2)nc2cc(Oc3ccnc(NC(=O)NCCN4CCOCC4)c3)ccc21. The minimum absolute atomic E-state index is 0.0610. The molecule has 210 valence electrons. The lowest BCUT2D eigenvalue weighted by molar-refractivity contribution is 0.0388. The van der Waals surface area contributed by atoms with E-state index in [9.17, 15) is 4.79 Å². The monoisotopic (exact) mass is 543 g/mol. The van der Waals surface area contributed by atoms with Crippen LogP contribution in [0.25, 0.3) is 11.0 Å². The predicted octanol–water partition coefficient (Wildman–Crippen LogP) is 5.26. The number of hydrogen-bond acceptors (Lipinski definition) is 7. The molecule has 1 aliphatic rings. The lowest BCUT2D eigenvalue weighted by Gasteiger charge is -2.26. The van der Waals surface area contributed by atoms with Crippen LogP contribution in [0.15, 0.2) is 60.8 Å². The number of carbonyl (C=O) groups excluding carboxylic acids is 1. The Bertz CT molecular complexity index is 1470. The number of aromatic nitrogens is 3. The topological polar surface area (TPSA) is 106 Å². The second-order valence-corrected chi connectivity index (χ2v) is 10.9. The number of aryl methyl sites for hydroxylation is 1. The maximum atomic E-state index is 12.3. The van der Waals surface area contributed by atoms with Gasteiger partial charge in [0, 0.05) is 57.2 Å². The van der Waals surface area contributed by atoms with E-state index >= 15 is 0 Å². The van der Waals surface area contributed by atoms with Crippen LogP contribution in [0.2, 0.25) is 0 Å². The molecule has 0 aliphatic carbocycles. The van der Waals surface area contributed by atoms with Gasteiger partial charge >= 0.3 is 6.03 Å². The number of anilines is 3. The summed E-state index contributed by atoms with van der Waals surface area (Å²) in [6.45, 7) is 11.2. The quantitative estimate of drug-likeness (QED) is 0.279. The van der Waals surface area contributed by atoms with Crippen LogP contribution in [0.4, 0.5) is 22.2 Å². The molecule has 0 atom stereocenters. The first-order valence-electron chi connectivity index (χ1n) is 13.6. The lowest BCUT2D eigenvalue weighted by Crippen LogP contribution is -2.42. The molecule has 10 heteroatoms. The standard InChI is InChI=1S/C30H37N7O3/c1-30(2,3)21-6-5-7-22(18-21)33-28-34-25-19-23(8-9-26(25)36(28)4)40-24-10-11-31-27(20-24)35-29(38)32-12-13-37-14-16-39-17-15-37/h5-11,18-20H,12-17H2,1-4H3,(H,33,34)(H2,31,32,35,38). The Balaban J connectivity index is 1.21. The molecule has 40 heavy (non-hydrogen) atoms. The molecule has 10 nitrogen and oxygen atoms in total. The number of benzene rings is 2. The molecule has 2 amide bonds. The molecule has 0 bridgehead atoms. The molecule has 3 heterocycles. The van der Waals surface area contributed by atoms with Crippen molar-refractivity contribution in [2.45, 2.75) is 26.2 Å². The van der Waals surface area contributed by atoms with E-state index in [4.69, 9.17) is 14.5 Å². The molecular weight excluding hydrogens is 506 g/mol. The molecule has 1 fully saturated rings. The van der Waals surface area contributed by atoms with Gasteiger partial charge in [-0.15, -0.1) is 0 Å². The number of amides is 2. The van der Waals surface area contributed by atoms with Crippen molar-refractivity contribution in [1.29, 1.82) is 0 Å². The molecule has 2 aromatic heterocycles. The van der Waals surface area contributed by atoms with Crippen LogP contribution in [-0.2, 0) is 17.2 Å². The van der Waals surface area contributed by atoms with Crippen molar-refractivity contribution in [3.63, 3.8) is 0 Å². The van der Waals surface area contributed by atoms with Gasteiger partial charge in [-0.2, -0.15) is 0 Å². The highest BCUT2D eigenvalue weighted by molar-refractivity contribution is 5.88. The molecule has 0 spiro atoms. The fourth-order valence-electron chi connectivity index (χ4n) is 4.54. The van der Waals surface area contributed by atoms with Crippen LogP contribution < -0.4 is 20.7 Å². The van der Waals surface area contributed by atoms with Gasteiger partial charge in [0.05, 0.1) is 24.2 Å². The Morgan fingerprint density at radius 2 is 1.85 bits per heavy atom. The number of carbonyl (C=O) groups is 1. The highest BCUT2D eigenvalue weighted by Gasteiger charge is 2.15. The van der Waals surface area contributed by atoms with Gasteiger partial charge < -0.3 is 24.7 Å². The first kappa shape index (κ1) is 27.4. The second-order valence-electron chi connectivity index (χ2n) is 10.9. The number of morpholine rings is 1. The molecule has 1 saturated heterocycles. The first-order chi connectivity index (χ1) is 19.2. The maximum absolute atomic E-state index is 12.3. The third kappa shape index (κ3) is 6.88. The minimum atomic E-state index is -0.305. The maximum Gasteiger partial charge on any atom is 0.320 e. The van der Waals surface area contributed by atoms with Crippen LogP contribution >= 0.6 is 0 Å². The van der Waals surface area contributed by atoms with Gasteiger partial charge in [0.25, 0.3) is 0 Å². The van der Waals surface area contributed by atoms with Crippen molar-refractivity contribution < 1.29 is 14.3 Å². The normalized spacial score (nSPS) is 14.2. The fraction of sp³-hybridized carbons (Fsp3) is 0.367. The first-order valence-corrected chi connectivity index (χ1v) is 13.6. The van der Waals surface area contributed by atoms with Crippen LogP contribution in [0.3, 0.4) is 0 Å². The van der Waals surface area contributed by atoms with Crippen LogP contribution in [0.1, 0.15) is 26.3 Å². The third-order valence-electron chi connectivity index (χ3n) is 6.86. The van der Waals surface area contributed by atoms with E-state index in [1.165, 1.54) is 5.56 Å². The summed E-state index contributed by atoms with van der Waals surface area (Å²) in [5.41, 5.74) is 4.09. The summed E-state index contributed by atoms with van der Waals surface area (Å²) in [4.78, 5) is 23.6. The number of nitrogens with one attached hydrogen (secondary N) is 3. The molecule has 0 unspecified atom stereocenters. The van der Waals surface area contributed by atoms with E-state index < -0.39 is 0 Å².